The average molecular weight is 281 g/mol. The summed E-state index contributed by atoms with van der Waals surface area (Å²) in [4.78, 5) is 12.7. The molecule has 0 bridgehead atoms. The van der Waals surface area contributed by atoms with Crippen LogP contribution in [0.3, 0.4) is 0 Å². The second-order valence-corrected chi connectivity index (χ2v) is 6.80. The summed E-state index contributed by atoms with van der Waals surface area (Å²) in [5.74, 6) is 0.570. The summed E-state index contributed by atoms with van der Waals surface area (Å²) < 4.78 is 5.97. The molecule has 0 aromatic heterocycles. The van der Waals surface area contributed by atoms with Crippen LogP contribution in [0.15, 0.2) is 0 Å². The first-order chi connectivity index (χ1) is 9.72. The van der Waals surface area contributed by atoms with E-state index in [1.54, 1.807) is 0 Å². The predicted molar refractivity (Wildman–Crippen MR) is 81.3 cm³/mol. The van der Waals surface area contributed by atoms with E-state index in [-0.39, 0.29) is 17.5 Å². The Morgan fingerprint density at radius 3 is 2.35 bits per heavy atom. The van der Waals surface area contributed by atoms with Gasteiger partial charge in [-0.15, -0.1) is 0 Å². The molecule has 2 aliphatic rings. The van der Waals surface area contributed by atoms with E-state index in [2.05, 4.69) is 6.92 Å². The van der Waals surface area contributed by atoms with Gasteiger partial charge in [0.25, 0.3) is 0 Å². The zero-order valence-electron chi connectivity index (χ0n) is 13.0. The van der Waals surface area contributed by atoms with Gasteiger partial charge in [-0.1, -0.05) is 39.0 Å². The molecule has 2 fully saturated rings. The fraction of sp³-hybridized carbons (Fsp3) is 0.941. The molecular formula is C17H31NO2. The Labute approximate surface area is 123 Å². The second kappa shape index (κ2) is 7.44. The lowest BCUT2D eigenvalue weighted by atomic mass is 9.79. The van der Waals surface area contributed by atoms with Crippen molar-refractivity contribution in [1.29, 1.82) is 0 Å². The number of ether oxygens (including phenoxy) is 1. The third-order valence-electron chi connectivity index (χ3n) is 5.51. The topological polar surface area (TPSA) is 52.3 Å². The van der Waals surface area contributed by atoms with Crippen molar-refractivity contribution in [3.05, 3.63) is 0 Å². The van der Waals surface area contributed by atoms with Crippen LogP contribution in [0, 0.1) is 11.3 Å². The van der Waals surface area contributed by atoms with Gasteiger partial charge in [0.2, 0.25) is 0 Å². The number of rotatable bonds is 4. The van der Waals surface area contributed by atoms with Crippen LogP contribution in [0.4, 0.5) is 0 Å². The van der Waals surface area contributed by atoms with Crippen molar-refractivity contribution in [2.45, 2.75) is 83.7 Å². The van der Waals surface area contributed by atoms with Gasteiger partial charge >= 0.3 is 5.97 Å². The third-order valence-corrected chi connectivity index (χ3v) is 5.51. The molecule has 20 heavy (non-hydrogen) atoms. The summed E-state index contributed by atoms with van der Waals surface area (Å²) >= 11 is 0. The molecule has 0 amide bonds. The molecule has 0 heterocycles. The van der Waals surface area contributed by atoms with Gasteiger partial charge in [-0.3, -0.25) is 4.79 Å². The normalized spacial score (nSPS) is 30.5. The zero-order valence-corrected chi connectivity index (χ0v) is 13.0. The number of hydrogen-bond donors (Lipinski definition) is 1. The monoisotopic (exact) mass is 281 g/mol. The number of nitrogens with two attached hydrogens (primary N) is 1. The minimum Gasteiger partial charge on any atom is -0.462 e. The Kier molecular flexibility index (Phi) is 5.88. The van der Waals surface area contributed by atoms with Gasteiger partial charge in [-0.25, -0.2) is 0 Å². The molecule has 2 rings (SSSR count). The maximum Gasteiger partial charge on any atom is 0.313 e. The molecule has 2 saturated carbocycles. The Hall–Kier alpha value is -0.570. The molecule has 0 aromatic rings. The molecule has 2 N–H and O–H groups in total. The number of esters is 1. The minimum atomic E-state index is -0.383. The van der Waals surface area contributed by atoms with Crippen molar-refractivity contribution < 1.29 is 9.53 Å². The smallest absolute Gasteiger partial charge is 0.313 e. The van der Waals surface area contributed by atoms with Crippen molar-refractivity contribution >= 4 is 5.97 Å². The summed E-state index contributed by atoms with van der Waals surface area (Å²) in [6.45, 7) is 2.66. The fourth-order valence-electron chi connectivity index (χ4n) is 3.96. The molecule has 0 spiro atoms. The molecule has 116 valence electrons. The molecule has 0 aliphatic heterocycles. The fourth-order valence-corrected chi connectivity index (χ4v) is 3.96. The maximum atomic E-state index is 12.7. The first-order valence-electron chi connectivity index (χ1n) is 8.63. The lowest BCUT2D eigenvalue weighted by Gasteiger charge is -2.35. The van der Waals surface area contributed by atoms with Gasteiger partial charge < -0.3 is 10.5 Å². The molecule has 3 heteroatoms. The van der Waals surface area contributed by atoms with E-state index in [0.29, 0.717) is 12.5 Å². The summed E-state index contributed by atoms with van der Waals surface area (Å²) in [7, 11) is 0. The van der Waals surface area contributed by atoms with E-state index < -0.39 is 0 Å². The number of hydrogen-bond acceptors (Lipinski definition) is 3. The molecule has 0 aromatic carbocycles. The van der Waals surface area contributed by atoms with Crippen molar-refractivity contribution in [1.82, 2.24) is 0 Å². The molecular weight excluding hydrogens is 250 g/mol. The van der Waals surface area contributed by atoms with Gasteiger partial charge in [-0.05, 0) is 44.4 Å². The van der Waals surface area contributed by atoms with Gasteiger partial charge in [0.15, 0.2) is 0 Å². The van der Waals surface area contributed by atoms with Gasteiger partial charge in [-0.2, -0.15) is 0 Å². The van der Waals surface area contributed by atoms with E-state index >= 15 is 0 Å². The summed E-state index contributed by atoms with van der Waals surface area (Å²) in [6.07, 6.45) is 12.6. The van der Waals surface area contributed by atoms with Crippen molar-refractivity contribution in [3.8, 4) is 0 Å². The first kappa shape index (κ1) is 15.8. The Morgan fingerprint density at radius 2 is 1.75 bits per heavy atom. The van der Waals surface area contributed by atoms with E-state index in [0.717, 1.165) is 38.5 Å². The molecule has 0 radical (unpaired) electrons. The van der Waals surface area contributed by atoms with Gasteiger partial charge in [0.05, 0.1) is 5.41 Å². The zero-order chi connectivity index (χ0) is 14.4. The van der Waals surface area contributed by atoms with E-state index in [9.17, 15) is 4.79 Å². The Balaban J connectivity index is 2.00. The summed E-state index contributed by atoms with van der Waals surface area (Å²) in [5.41, 5.74) is 5.60. The summed E-state index contributed by atoms with van der Waals surface area (Å²) in [5, 5.41) is 0. The van der Waals surface area contributed by atoms with Crippen molar-refractivity contribution in [2.75, 3.05) is 6.54 Å². The largest absolute Gasteiger partial charge is 0.462 e. The molecule has 2 unspecified atom stereocenters. The second-order valence-electron chi connectivity index (χ2n) is 6.80. The Bertz CT molecular complexity index is 308. The molecule has 0 saturated heterocycles. The molecule has 3 nitrogen and oxygen atoms in total. The van der Waals surface area contributed by atoms with Crippen LogP contribution in [0.25, 0.3) is 0 Å². The highest BCUT2D eigenvalue weighted by Gasteiger charge is 2.41. The van der Waals surface area contributed by atoms with Crippen LogP contribution < -0.4 is 5.73 Å². The quantitative estimate of drug-likeness (QED) is 0.630. The maximum absolute atomic E-state index is 12.7. The highest BCUT2D eigenvalue weighted by Crippen LogP contribution is 2.37. The average Bonchev–Trinajstić information content (AvgIpc) is 2.74. The van der Waals surface area contributed by atoms with Crippen LogP contribution >= 0.6 is 0 Å². The Morgan fingerprint density at radius 1 is 1.10 bits per heavy atom. The van der Waals surface area contributed by atoms with Crippen molar-refractivity contribution in [2.24, 2.45) is 17.1 Å². The van der Waals surface area contributed by atoms with Crippen LogP contribution in [0.5, 0.6) is 0 Å². The lowest BCUT2D eigenvalue weighted by Crippen LogP contribution is -2.43. The minimum absolute atomic E-state index is 0.00671. The molecule has 2 atom stereocenters. The van der Waals surface area contributed by atoms with E-state index in [1.807, 2.05) is 0 Å². The predicted octanol–water partition coefficient (Wildman–Crippen LogP) is 3.80. The van der Waals surface area contributed by atoms with E-state index in [4.69, 9.17) is 10.5 Å². The van der Waals surface area contributed by atoms with Crippen LogP contribution in [0.1, 0.15) is 77.6 Å². The number of carbonyl (C=O) groups excluding carboxylic acids is 1. The lowest BCUT2D eigenvalue weighted by molar-refractivity contribution is -0.166. The van der Waals surface area contributed by atoms with Crippen LogP contribution in [-0.4, -0.2) is 18.6 Å². The SMILES string of the molecule is CCC1CCCCC1OC(=O)C1(CN)CCCCCC1. The standard InChI is InChI=1S/C17H31NO2/c1-2-14-9-5-6-10-15(14)20-16(19)17(13-18)11-7-3-4-8-12-17/h14-15H,2-13,18H2,1H3. The number of carbonyl (C=O) groups is 1. The summed E-state index contributed by atoms with van der Waals surface area (Å²) in [6, 6.07) is 0. The van der Waals surface area contributed by atoms with Crippen LogP contribution in [0.2, 0.25) is 0 Å². The van der Waals surface area contributed by atoms with Gasteiger partial charge in [0.1, 0.15) is 6.10 Å². The first-order valence-corrected chi connectivity index (χ1v) is 8.63. The van der Waals surface area contributed by atoms with Crippen molar-refractivity contribution in [3.63, 3.8) is 0 Å². The third kappa shape index (κ3) is 3.55. The van der Waals surface area contributed by atoms with Crippen LogP contribution in [-0.2, 0) is 9.53 Å². The van der Waals surface area contributed by atoms with E-state index in [1.165, 1.54) is 32.1 Å². The van der Waals surface area contributed by atoms with Gasteiger partial charge in [0, 0.05) is 6.54 Å². The highest BCUT2D eigenvalue weighted by molar-refractivity contribution is 5.77. The molecule has 2 aliphatic carbocycles. The highest BCUT2D eigenvalue weighted by atomic mass is 16.5.